The van der Waals surface area contributed by atoms with Gasteiger partial charge in [-0.25, -0.2) is 8.78 Å². The summed E-state index contributed by atoms with van der Waals surface area (Å²) < 4.78 is 35.3. The normalized spacial score (nSPS) is 33.6. The van der Waals surface area contributed by atoms with E-state index in [0.717, 1.165) is 37.2 Å². The maximum atomic E-state index is 14.9. The molecule has 0 spiro atoms. The van der Waals surface area contributed by atoms with Crippen LogP contribution >= 0.6 is 0 Å². The number of aryl methyl sites for hydroxylation is 1. The van der Waals surface area contributed by atoms with Gasteiger partial charge in [-0.2, -0.15) is 0 Å². The number of ether oxygens (including phenoxy) is 1. The van der Waals surface area contributed by atoms with Crippen molar-refractivity contribution in [1.82, 2.24) is 0 Å². The van der Waals surface area contributed by atoms with Crippen molar-refractivity contribution in [3.05, 3.63) is 47.5 Å². The van der Waals surface area contributed by atoms with Gasteiger partial charge in [0.15, 0.2) is 11.6 Å². The molecule has 3 saturated carbocycles. The Morgan fingerprint density at radius 2 is 1.52 bits per heavy atom. The lowest BCUT2D eigenvalue weighted by Crippen LogP contribution is -2.35. The molecule has 3 fully saturated rings. The molecule has 31 heavy (non-hydrogen) atoms. The van der Waals surface area contributed by atoms with Crippen LogP contribution in [0.1, 0.15) is 94.6 Å². The molecule has 3 heteroatoms. The highest BCUT2D eigenvalue weighted by molar-refractivity contribution is 5.30. The predicted molar refractivity (Wildman–Crippen MR) is 123 cm³/mol. The highest BCUT2D eigenvalue weighted by Crippen LogP contribution is 2.51. The van der Waals surface area contributed by atoms with E-state index in [1.807, 2.05) is 6.07 Å². The van der Waals surface area contributed by atoms with E-state index in [1.54, 1.807) is 12.1 Å². The zero-order valence-electron chi connectivity index (χ0n) is 19.3. The maximum Gasteiger partial charge on any atom is 0.162 e. The molecule has 4 atom stereocenters. The first-order valence-corrected chi connectivity index (χ1v) is 12.8. The molecule has 0 heterocycles. The van der Waals surface area contributed by atoms with E-state index in [0.29, 0.717) is 36.0 Å². The highest BCUT2D eigenvalue weighted by atomic mass is 19.2. The third-order valence-corrected chi connectivity index (χ3v) is 8.69. The second kappa shape index (κ2) is 10.6. The van der Waals surface area contributed by atoms with Gasteiger partial charge in [-0.15, -0.1) is 6.58 Å². The molecule has 1 aromatic carbocycles. The van der Waals surface area contributed by atoms with Gasteiger partial charge in [0.25, 0.3) is 0 Å². The fourth-order valence-corrected chi connectivity index (χ4v) is 6.97. The largest absolute Gasteiger partial charge is 0.379 e. The van der Waals surface area contributed by atoms with E-state index in [2.05, 4.69) is 13.5 Å². The summed E-state index contributed by atoms with van der Waals surface area (Å²) in [5, 5.41) is 0. The van der Waals surface area contributed by atoms with Gasteiger partial charge >= 0.3 is 0 Å². The molecule has 0 aromatic heterocycles. The van der Waals surface area contributed by atoms with Crippen LogP contribution in [0, 0.1) is 35.3 Å². The van der Waals surface area contributed by atoms with Crippen LogP contribution in [0.25, 0.3) is 0 Å². The molecule has 0 saturated heterocycles. The fraction of sp³-hybridized carbons (Fsp3) is 0.714. The van der Waals surface area contributed by atoms with Crippen molar-refractivity contribution < 1.29 is 13.5 Å². The molecule has 3 aliphatic carbocycles. The second-order valence-corrected chi connectivity index (χ2v) is 10.4. The van der Waals surface area contributed by atoms with Crippen molar-refractivity contribution in [2.45, 2.75) is 96.0 Å². The molecule has 1 nitrogen and oxygen atoms in total. The van der Waals surface area contributed by atoms with Crippen molar-refractivity contribution in [3.63, 3.8) is 0 Å². The van der Waals surface area contributed by atoms with E-state index < -0.39 is 11.6 Å². The average molecular weight is 431 g/mol. The molecule has 172 valence electrons. The first-order chi connectivity index (χ1) is 15.1. The number of hydrogen-bond donors (Lipinski definition) is 0. The summed E-state index contributed by atoms with van der Waals surface area (Å²) in [6.45, 7) is 6.62. The molecule has 1 aromatic rings. The molecular formula is C28H40F2O. The van der Waals surface area contributed by atoms with Crippen LogP contribution in [0.3, 0.4) is 0 Å². The number of hydrogen-bond acceptors (Lipinski definition) is 1. The maximum absolute atomic E-state index is 14.9. The predicted octanol–water partition coefficient (Wildman–Crippen LogP) is 7.98. The Hall–Kier alpha value is -1.22. The van der Waals surface area contributed by atoms with E-state index in [9.17, 15) is 8.78 Å². The number of allylic oxidation sites excluding steroid dienone is 1. The van der Waals surface area contributed by atoms with E-state index >= 15 is 0 Å². The number of fused-ring (bicyclic) bond motifs is 1. The lowest BCUT2D eigenvalue weighted by atomic mass is 9.60. The van der Waals surface area contributed by atoms with Crippen LogP contribution < -0.4 is 0 Å². The molecule has 0 radical (unpaired) electrons. The summed E-state index contributed by atoms with van der Waals surface area (Å²) in [6.07, 6.45) is 15.8. The SMILES string of the molecule is C=CCCc1ccc(C2CCC3CC(C4CCC(OCC)CC4)CCC3C2)c(F)c1F. The minimum atomic E-state index is -0.632. The van der Waals surface area contributed by atoms with Crippen LogP contribution in [-0.2, 0) is 11.2 Å². The summed E-state index contributed by atoms with van der Waals surface area (Å²) in [7, 11) is 0. The summed E-state index contributed by atoms with van der Waals surface area (Å²) in [5.74, 6) is 2.20. The fourth-order valence-electron chi connectivity index (χ4n) is 6.97. The van der Waals surface area contributed by atoms with Crippen molar-refractivity contribution >= 4 is 0 Å². The molecule has 4 rings (SSSR count). The van der Waals surface area contributed by atoms with Crippen molar-refractivity contribution in [3.8, 4) is 0 Å². The summed E-state index contributed by atoms with van der Waals surface area (Å²) >= 11 is 0. The van der Waals surface area contributed by atoms with Crippen molar-refractivity contribution in [2.75, 3.05) is 6.61 Å². The molecule has 0 bridgehead atoms. The van der Waals surface area contributed by atoms with Gasteiger partial charge in [0.05, 0.1) is 6.10 Å². The summed E-state index contributed by atoms with van der Waals surface area (Å²) in [6, 6.07) is 3.67. The van der Waals surface area contributed by atoms with Gasteiger partial charge in [-0.05, 0) is 125 Å². The van der Waals surface area contributed by atoms with E-state index in [-0.39, 0.29) is 5.92 Å². The zero-order valence-corrected chi connectivity index (χ0v) is 19.3. The van der Waals surface area contributed by atoms with Crippen molar-refractivity contribution in [2.24, 2.45) is 23.7 Å². The minimum Gasteiger partial charge on any atom is -0.379 e. The standard InChI is InChI=1S/C28H40F2O/c1-3-5-6-20-13-16-26(28(30)27(20)29)24-10-9-22-17-21(7-8-23(22)18-24)19-11-14-25(15-12-19)31-4-2/h3,13,16,19,21-25H,1,4-12,14-15,17-18H2,2H3. The smallest absolute Gasteiger partial charge is 0.162 e. The molecule has 0 amide bonds. The topological polar surface area (TPSA) is 9.23 Å². The van der Waals surface area contributed by atoms with Crippen LogP contribution in [0.15, 0.2) is 24.8 Å². The van der Waals surface area contributed by atoms with Gasteiger partial charge in [0.1, 0.15) is 0 Å². The summed E-state index contributed by atoms with van der Waals surface area (Å²) in [4.78, 5) is 0. The monoisotopic (exact) mass is 430 g/mol. The van der Waals surface area contributed by atoms with Gasteiger partial charge in [-0.1, -0.05) is 18.2 Å². The Morgan fingerprint density at radius 3 is 2.23 bits per heavy atom. The minimum absolute atomic E-state index is 0.183. The molecule has 0 aliphatic heterocycles. The third kappa shape index (κ3) is 5.24. The Labute approximate surface area is 187 Å². The number of benzene rings is 1. The Morgan fingerprint density at radius 1 is 0.871 bits per heavy atom. The second-order valence-electron chi connectivity index (χ2n) is 10.4. The molecule has 3 aliphatic rings. The Kier molecular flexibility index (Phi) is 7.85. The first-order valence-electron chi connectivity index (χ1n) is 12.8. The quantitative estimate of drug-likeness (QED) is 0.398. The molecule has 4 unspecified atom stereocenters. The van der Waals surface area contributed by atoms with Crippen LogP contribution in [0.5, 0.6) is 0 Å². The van der Waals surface area contributed by atoms with Crippen LogP contribution in [-0.4, -0.2) is 12.7 Å². The summed E-state index contributed by atoms with van der Waals surface area (Å²) in [5.41, 5.74) is 1.10. The highest BCUT2D eigenvalue weighted by Gasteiger charge is 2.39. The van der Waals surface area contributed by atoms with Gasteiger partial charge in [-0.3, -0.25) is 0 Å². The Balaban J connectivity index is 1.33. The number of halogens is 2. The first kappa shape index (κ1) is 23.0. The van der Waals surface area contributed by atoms with Gasteiger partial charge < -0.3 is 4.74 Å². The lowest BCUT2D eigenvalue weighted by Gasteiger charge is -2.45. The molecule has 0 N–H and O–H groups in total. The van der Waals surface area contributed by atoms with Crippen LogP contribution in [0.4, 0.5) is 8.78 Å². The number of rotatable bonds is 7. The van der Waals surface area contributed by atoms with E-state index in [1.165, 1.54) is 51.4 Å². The molecular weight excluding hydrogens is 390 g/mol. The third-order valence-electron chi connectivity index (χ3n) is 8.69. The van der Waals surface area contributed by atoms with E-state index in [4.69, 9.17) is 4.74 Å². The Bertz CT molecular complexity index is 737. The van der Waals surface area contributed by atoms with Gasteiger partial charge in [0.2, 0.25) is 0 Å². The van der Waals surface area contributed by atoms with Crippen molar-refractivity contribution in [1.29, 1.82) is 0 Å². The zero-order chi connectivity index (χ0) is 21.8. The van der Waals surface area contributed by atoms with Gasteiger partial charge in [0, 0.05) is 6.61 Å². The van der Waals surface area contributed by atoms with Crippen LogP contribution in [0.2, 0.25) is 0 Å². The lowest BCUT2D eigenvalue weighted by molar-refractivity contribution is 0.00578. The average Bonchev–Trinajstić information content (AvgIpc) is 2.80.